The lowest BCUT2D eigenvalue weighted by atomic mass is 9.89. The molecular weight excluding hydrogens is 263 g/mol. The normalized spacial score (nSPS) is 17.4. The van der Waals surface area contributed by atoms with Gasteiger partial charge in [0.1, 0.15) is 10.3 Å². The van der Waals surface area contributed by atoms with Crippen LogP contribution in [-0.2, 0) is 4.74 Å². The number of aromatic nitrogens is 1. The second-order valence-electron chi connectivity index (χ2n) is 4.46. The number of rotatable bonds is 3. The van der Waals surface area contributed by atoms with Crippen LogP contribution in [0.3, 0.4) is 0 Å². The number of nitrogens with one attached hydrogen (secondary N) is 1. The van der Waals surface area contributed by atoms with Crippen molar-refractivity contribution in [2.24, 2.45) is 5.41 Å². The molecule has 0 radical (unpaired) electrons. The number of carbonyl (C=O) groups is 1. The summed E-state index contributed by atoms with van der Waals surface area (Å²) in [6.45, 7) is 3.95. The largest absolute Gasteiger partial charge is 0.380 e. The Morgan fingerprint density at radius 2 is 2.24 bits per heavy atom. The lowest BCUT2D eigenvalue weighted by Gasteiger charge is -2.38. The first-order valence-corrected chi connectivity index (χ1v) is 5.94. The lowest BCUT2D eigenvalue weighted by molar-refractivity contribution is -0.0978. The Morgan fingerprint density at radius 1 is 1.53 bits per heavy atom. The summed E-state index contributed by atoms with van der Waals surface area (Å²) in [5, 5.41) is 3.20. The van der Waals surface area contributed by atoms with E-state index in [1.165, 1.54) is 6.07 Å². The van der Waals surface area contributed by atoms with Crippen molar-refractivity contribution in [3.8, 4) is 0 Å². The third kappa shape index (κ3) is 2.89. The average molecular weight is 275 g/mol. The number of halogens is 2. The van der Waals surface area contributed by atoms with E-state index in [1.807, 2.05) is 0 Å². The van der Waals surface area contributed by atoms with Crippen molar-refractivity contribution in [1.29, 1.82) is 0 Å². The lowest BCUT2D eigenvalue weighted by Crippen LogP contribution is -2.48. The molecule has 1 aliphatic heterocycles. The van der Waals surface area contributed by atoms with Crippen LogP contribution in [0, 0.1) is 5.41 Å². The third-order valence-electron chi connectivity index (χ3n) is 2.64. The number of hydrogen-bond donors (Lipinski definition) is 1. The molecule has 17 heavy (non-hydrogen) atoms. The Bertz CT molecular complexity index is 447. The zero-order valence-corrected chi connectivity index (χ0v) is 10.8. The van der Waals surface area contributed by atoms with Gasteiger partial charge in [0.2, 0.25) is 0 Å². The Labute approximate surface area is 109 Å². The van der Waals surface area contributed by atoms with Gasteiger partial charge in [0.05, 0.1) is 18.8 Å². The quantitative estimate of drug-likeness (QED) is 0.860. The number of carbonyl (C=O) groups excluding carboxylic acids is 1. The van der Waals surface area contributed by atoms with Crippen LogP contribution in [0.25, 0.3) is 0 Å². The van der Waals surface area contributed by atoms with Crippen LogP contribution in [0.2, 0.25) is 10.3 Å². The molecule has 1 aliphatic rings. The van der Waals surface area contributed by atoms with E-state index in [4.69, 9.17) is 27.9 Å². The van der Waals surface area contributed by atoms with Gasteiger partial charge in [-0.3, -0.25) is 4.79 Å². The molecule has 0 bridgehead atoms. The second kappa shape index (κ2) is 4.80. The molecule has 4 nitrogen and oxygen atoms in total. The van der Waals surface area contributed by atoms with Crippen LogP contribution < -0.4 is 5.32 Å². The molecule has 0 spiro atoms. The zero-order chi connectivity index (χ0) is 12.5. The van der Waals surface area contributed by atoms with E-state index in [1.54, 1.807) is 6.07 Å². The highest BCUT2D eigenvalue weighted by Crippen LogP contribution is 2.25. The fraction of sp³-hybridized carbons (Fsp3) is 0.455. The van der Waals surface area contributed by atoms with Crippen LogP contribution in [0.1, 0.15) is 17.3 Å². The first-order valence-electron chi connectivity index (χ1n) is 5.18. The van der Waals surface area contributed by atoms with Gasteiger partial charge in [-0.2, -0.15) is 0 Å². The van der Waals surface area contributed by atoms with Gasteiger partial charge in [0.25, 0.3) is 5.91 Å². The summed E-state index contributed by atoms with van der Waals surface area (Å²) in [4.78, 5) is 15.7. The number of ether oxygens (including phenoxy) is 1. The maximum absolute atomic E-state index is 11.8. The van der Waals surface area contributed by atoms with Crippen molar-refractivity contribution in [3.63, 3.8) is 0 Å². The minimum Gasteiger partial charge on any atom is -0.380 e. The Morgan fingerprint density at radius 3 is 2.76 bits per heavy atom. The first-order chi connectivity index (χ1) is 8.00. The summed E-state index contributed by atoms with van der Waals surface area (Å²) in [5.74, 6) is -0.243. The van der Waals surface area contributed by atoms with Gasteiger partial charge in [-0.05, 0) is 12.1 Å². The van der Waals surface area contributed by atoms with Crippen LogP contribution in [0.4, 0.5) is 0 Å². The maximum Gasteiger partial charge on any atom is 0.254 e. The summed E-state index contributed by atoms with van der Waals surface area (Å²) >= 11 is 11.5. The van der Waals surface area contributed by atoms with Crippen LogP contribution in [0.5, 0.6) is 0 Å². The molecule has 0 aliphatic carbocycles. The maximum atomic E-state index is 11.8. The fourth-order valence-electron chi connectivity index (χ4n) is 1.52. The predicted octanol–water partition coefficient (Wildman–Crippen LogP) is 2.15. The molecule has 2 rings (SSSR count). The molecule has 1 aromatic rings. The molecule has 0 unspecified atom stereocenters. The molecule has 1 aromatic heterocycles. The third-order valence-corrected chi connectivity index (χ3v) is 3.13. The SMILES string of the molecule is CC1(CNC(=O)c2ccc(Cl)nc2Cl)COC1. The monoisotopic (exact) mass is 274 g/mol. The molecule has 0 saturated carbocycles. The van der Waals surface area contributed by atoms with Crippen LogP contribution >= 0.6 is 23.2 Å². The number of amides is 1. The highest BCUT2D eigenvalue weighted by atomic mass is 35.5. The molecule has 0 aromatic carbocycles. The Balaban J connectivity index is 1.99. The van der Waals surface area contributed by atoms with Gasteiger partial charge in [-0.25, -0.2) is 4.98 Å². The molecule has 1 fully saturated rings. The molecule has 2 heterocycles. The minimum atomic E-state index is -0.243. The summed E-state index contributed by atoms with van der Waals surface area (Å²) < 4.78 is 5.11. The van der Waals surface area contributed by atoms with Gasteiger partial charge in [-0.1, -0.05) is 30.1 Å². The molecule has 1 N–H and O–H groups in total. The van der Waals surface area contributed by atoms with E-state index in [2.05, 4.69) is 17.2 Å². The van der Waals surface area contributed by atoms with Crippen molar-refractivity contribution >= 4 is 29.1 Å². The van der Waals surface area contributed by atoms with Crippen molar-refractivity contribution in [2.45, 2.75) is 6.92 Å². The highest BCUT2D eigenvalue weighted by Gasteiger charge is 2.33. The molecule has 1 amide bonds. The van der Waals surface area contributed by atoms with Crippen molar-refractivity contribution in [1.82, 2.24) is 10.3 Å². The molecule has 0 atom stereocenters. The van der Waals surface area contributed by atoms with Crippen molar-refractivity contribution in [2.75, 3.05) is 19.8 Å². The van der Waals surface area contributed by atoms with Crippen molar-refractivity contribution < 1.29 is 9.53 Å². The van der Waals surface area contributed by atoms with Gasteiger partial charge in [0.15, 0.2) is 0 Å². The van der Waals surface area contributed by atoms with Crippen molar-refractivity contribution in [3.05, 3.63) is 28.0 Å². The molecule has 1 saturated heterocycles. The molecule has 92 valence electrons. The first kappa shape index (κ1) is 12.6. The van der Waals surface area contributed by atoms with Gasteiger partial charge >= 0.3 is 0 Å². The van der Waals surface area contributed by atoms with Gasteiger partial charge in [0, 0.05) is 12.0 Å². The summed E-state index contributed by atoms with van der Waals surface area (Å²) in [6, 6.07) is 3.10. The average Bonchev–Trinajstić information content (AvgIpc) is 2.23. The van der Waals surface area contributed by atoms with Gasteiger partial charge < -0.3 is 10.1 Å². The predicted molar refractivity (Wildman–Crippen MR) is 65.5 cm³/mol. The topological polar surface area (TPSA) is 51.2 Å². The van der Waals surface area contributed by atoms with E-state index in [-0.39, 0.29) is 21.6 Å². The van der Waals surface area contributed by atoms with Crippen LogP contribution in [-0.4, -0.2) is 30.6 Å². The summed E-state index contributed by atoms with van der Waals surface area (Å²) in [5.41, 5.74) is 0.363. The highest BCUT2D eigenvalue weighted by molar-refractivity contribution is 6.34. The smallest absolute Gasteiger partial charge is 0.254 e. The summed E-state index contributed by atoms with van der Waals surface area (Å²) in [7, 11) is 0. The standard InChI is InChI=1S/C11H12Cl2N2O2/c1-11(5-17-6-11)4-14-10(16)7-2-3-8(12)15-9(7)13/h2-3H,4-6H2,1H3,(H,14,16). The van der Waals surface area contributed by atoms with E-state index in [0.29, 0.717) is 25.3 Å². The second-order valence-corrected chi connectivity index (χ2v) is 5.20. The fourth-order valence-corrected chi connectivity index (χ4v) is 1.95. The minimum absolute atomic E-state index is 0.0298. The van der Waals surface area contributed by atoms with Gasteiger partial charge in [-0.15, -0.1) is 0 Å². The number of pyridine rings is 1. The Kier molecular flexibility index (Phi) is 3.56. The Hall–Kier alpha value is -0.840. The number of nitrogens with zero attached hydrogens (tertiary/aromatic N) is 1. The van der Waals surface area contributed by atoms with E-state index in [0.717, 1.165) is 0 Å². The zero-order valence-electron chi connectivity index (χ0n) is 9.30. The molecular formula is C11H12Cl2N2O2. The summed E-state index contributed by atoms with van der Waals surface area (Å²) in [6.07, 6.45) is 0. The van der Waals surface area contributed by atoms with E-state index >= 15 is 0 Å². The number of hydrogen-bond acceptors (Lipinski definition) is 3. The van der Waals surface area contributed by atoms with E-state index < -0.39 is 0 Å². The molecule has 6 heteroatoms. The van der Waals surface area contributed by atoms with E-state index in [9.17, 15) is 4.79 Å². The van der Waals surface area contributed by atoms with Crippen LogP contribution in [0.15, 0.2) is 12.1 Å².